The summed E-state index contributed by atoms with van der Waals surface area (Å²) in [4.78, 5) is 0. The van der Waals surface area contributed by atoms with Gasteiger partial charge in [-0.1, -0.05) is 30.3 Å². The van der Waals surface area contributed by atoms with E-state index in [1.807, 2.05) is 43.4 Å². The Morgan fingerprint density at radius 2 is 1.80 bits per heavy atom. The minimum Gasteiger partial charge on any atom is -0.457 e. The van der Waals surface area contributed by atoms with Crippen LogP contribution in [-0.4, -0.2) is 18.8 Å². The molecule has 0 heterocycles. The predicted octanol–water partition coefficient (Wildman–Crippen LogP) is 3.29. The number of rotatable bonds is 6. The van der Waals surface area contributed by atoms with E-state index in [-0.39, 0.29) is 6.61 Å². The number of benzene rings is 2. The van der Waals surface area contributed by atoms with Crippen molar-refractivity contribution in [3.05, 3.63) is 59.7 Å². The molecule has 0 radical (unpaired) electrons. The number of aliphatic hydroxyl groups is 1. The molecule has 1 atom stereocenters. The summed E-state index contributed by atoms with van der Waals surface area (Å²) in [6, 6.07) is 16.2. The molecule has 1 unspecified atom stereocenters. The maximum atomic E-state index is 9.07. The fourth-order valence-corrected chi connectivity index (χ4v) is 2.05. The molecule has 3 heteroatoms. The zero-order chi connectivity index (χ0) is 14.4. The highest BCUT2D eigenvalue weighted by atomic mass is 16.5. The molecule has 106 valence electrons. The number of hydrogen-bond donors (Lipinski definition) is 2. The molecule has 2 aromatic rings. The molecule has 0 saturated carbocycles. The van der Waals surface area contributed by atoms with Gasteiger partial charge in [0.05, 0.1) is 0 Å². The molecule has 0 spiro atoms. The van der Waals surface area contributed by atoms with Crippen LogP contribution in [-0.2, 0) is 6.42 Å². The minimum absolute atomic E-state index is 0.124. The summed E-state index contributed by atoms with van der Waals surface area (Å²) in [5.74, 6) is 1.61. The SMILES string of the molecule is CNC(C)c1ccc(Oc2ccccc2CCO)cc1. The first-order chi connectivity index (χ1) is 9.74. The normalized spacial score (nSPS) is 12.2. The molecule has 2 rings (SSSR count). The highest BCUT2D eigenvalue weighted by Crippen LogP contribution is 2.26. The smallest absolute Gasteiger partial charge is 0.130 e. The lowest BCUT2D eigenvalue weighted by Gasteiger charge is -2.13. The number of aliphatic hydroxyl groups excluding tert-OH is 1. The van der Waals surface area contributed by atoms with E-state index in [0.29, 0.717) is 12.5 Å². The topological polar surface area (TPSA) is 41.5 Å². The van der Waals surface area contributed by atoms with Gasteiger partial charge in [0.25, 0.3) is 0 Å². The van der Waals surface area contributed by atoms with E-state index in [0.717, 1.165) is 17.1 Å². The summed E-state index contributed by atoms with van der Waals surface area (Å²) in [6.07, 6.45) is 0.602. The van der Waals surface area contributed by atoms with Gasteiger partial charge in [-0.05, 0) is 49.7 Å². The fraction of sp³-hybridized carbons (Fsp3) is 0.294. The predicted molar refractivity (Wildman–Crippen MR) is 81.2 cm³/mol. The van der Waals surface area contributed by atoms with E-state index in [4.69, 9.17) is 9.84 Å². The van der Waals surface area contributed by atoms with Crippen LogP contribution in [0.3, 0.4) is 0 Å². The average molecular weight is 271 g/mol. The summed E-state index contributed by atoms with van der Waals surface area (Å²) >= 11 is 0. The molecule has 0 saturated heterocycles. The largest absolute Gasteiger partial charge is 0.457 e. The van der Waals surface area contributed by atoms with Gasteiger partial charge in [0.15, 0.2) is 0 Å². The molecule has 0 aliphatic carbocycles. The van der Waals surface area contributed by atoms with Gasteiger partial charge in [0, 0.05) is 12.6 Å². The van der Waals surface area contributed by atoms with Gasteiger partial charge in [-0.25, -0.2) is 0 Å². The molecule has 0 aromatic heterocycles. The van der Waals surface area contributed by atoms with Gasteiger partial charge in [0.1, 0.15) is 11.5 Å². The Labute approximate surface area is 120 Å². The van der Waals surface area contributed by atoms with Crippen LogP contribution in [0.4, 0.5) is 0 Å². The van der Waals surface area contributed by atoms with Gasteiger partial charge in [-0.2, -0.15) is 0 Å². The third-order valence-electron chi connectivity index (χ3n) is 3.39. The van der Waals surface area contributed by atoms with Crippen LogP contribution in [0.5, 0.6) is 11.5 Å². The first-order valence-corrected chi connectivity index (χ1v) is 6.88. The van der Waals surface area contributed by atoms with Crippen LogP contribution >= 0.6 is 0 Å². The van der Waals surface area contributed by atoms with Crippen molar-refractivity contribution < 1.29 is 9.84 Å². The van der Waals surface area contributed by atoms with Crippen molar-refractivity contribution >= 4 is 0 Å². The van der Waals surface area contributed by atoms with E-state index in [2.05, 4.69) is 24.4 Å². The summed E-state index contributed by atoms with van der Waals surface area (Å²) < 4.78 is 5.90. The molecule has 0 fully saturated rings. The Kier molecular flexibility index (Phi) is 5.16. The number of para-hydroxylation sites is 1. The third kappa shape index (κ3) is 3.59. The lowest BCUT2D eigenvalue weighted by atomic mass is 10.1. The van der Waals surface area contributed by atoms with Crippen molar-refractivity contribution in [1.29, 1.82) is 0 Å². The van der Waals surface area contributed by atoms with Crippen molar-refractivity contribution in [3.63, 3.8) is 0 Å². The van der Waals surface area contributed by atoms with Crippen LogP contribution in [0, 0.1) is 0 Å². The molecule has 0 amide bonds. The molecule has 3 nitrogen and oxygen atoms in total. The molecule has 20 heavy (non-hydrogen) atoms. The van der Waals surface area contributed by atoms with E-state index in [1.165, 1.54) is 5.56 Å². The first-order valence-electron chi connectivity index (χ1n) is 6.88. The van der Waals surface area contributed by atoms with Crippen LogP contribution in [0.25, 0.3) is 0 Å². The van der Waals surface area contributed by atoms with Gasteiger partial charge in [0.2, 0.25) is 0 Å². The minimum atomic E-state index is 0.124. The summed E-state index contributed by atoms with van der Waals surface area (Å²) in [5.41, 5.74) is 2.24. The Bertz CT molecular complexity index is 537. The average Bonchev–Trinajstić information content (AvgIpc) is 2.49. The quantitative estimate of drug-likeness (QED) is 0.847. The fourth-order valence-electron chi connectivity index (χ4n) is 2.05. The Hall–Kier alpha value is -1.84. The standard InChI is InChI=1S/C17H21NO2/c1-13(18-2)14-7-9-16(10-8-14)20-17-6-4-3-5-15(17)11-12-19/h3-10,13,18-19H,11-12H2,1-2H3. The number of ether oxygens (including phenoxy) is 1. The second-order valence-corrected chi connectivity index (χ2v) is 4.76. The van der Waals surface area contributed by atoms with Crippen molar-refractivity contribution in [2.45, 2.75) is 19.4 Å². The zero-order valence-corrected chi connectivity index (χ0v) is 12.0. The van der Waals surface area contributed by atoms with E-state index in [1.54, 1.807) is 0 Å². The van der Waals surface area contributed by atoms with Crippen LogP contribution in [0.2, 0.25) is 0 Å². The Balaban J connectivity index is 2.14. The molecule has 0 bridgehead atoms. The molecule has 2 N–H and O–H groups in total. The highest BCUT2D eigenvalue weighted by molar-refractivity contribution is 5.39. The lowest BCUT2D eigenvalue weighted by molar-refractivity contribution is 0.298. The van der Waals surface area contributed by atoms with Crippen LogP contribution in [0.15, 0.2) is 48.5 Å². The van der Waals surface area contributed by atoms with Crippen LogP contribution < -0.4 is 10.1 Å². The van der Waals surface area contributed by atoms with Crippen molar-refractivity contribution in [2.75, 3.05) is 13.7 Å². The summed E-state index contributed by atoms with van der Waals surface area (Å²) in [7, 11) is 1.94. The summed E-state index contributed by atoms with van der Waals surface area (Å²) in [5, 5.41) is 12.3. The van der Waals surface area contributed by atoms with Crippen molar-refractivity contribution in [1.82, 2.24) is 5.32 Å². The maximum absolute atomic E-state index is 9.07. The van der Waals surface area contributed by atoms with Gasteiger partial charge in [-0.15, -0.1) is 0 Å². The van der Waals surface area contributed by atoms with Gasteiger partial charge in [-0.3, -0.25) is 0 Å². The Morgan fingerprint density at radius 1 is 1.10 bits per heavy atom. The number of hydrogen-bond acceptors (Lipinski definition) is 3. The van der Waals surface area contributed by atoms with Gasteiger partial charge < -0.3 is 15.2 Å². The highest BCUT2D eigenvalue weighted by Gasteiger charge is 2.05. The lowest BCUT2D eigenvalue weighted by Crippen LogP contribution is -2.11. The zero-order valence-electron chi connectivity index (χ0n) is 12.0. The molecular formula is C17H21NO2. The Morgan fingerprint density at radius 3 is 2.45 bits per heavy atom. The number of nitrogens with one attached hydrogen (secondary N) is 1. The second-order valence-electron chi connectivity index (χ2n) is 4.76. The van der Waals surface area contributed by atoms with E-state index in [9.17, 15) is 0 Å². The molecule has 2 aromatic carbocycles. The van der Waals surface area contributed by atoms with E-state index < -0.39 is 0 Å². The molecule has 0 aliphatic rings. The molecular weight excluding hydrogens is 250 g/mol. The van der Waals surface area contributed by atoms with Gasteiger partial charge >= 0.3 is 0 Å². The third-order valence-corrected chi connectivity index (χ3v) is 3.39. The van der Waals surface area contributed by atoms with Crippen molar-refractivity contribution in [2.24, 2.45) is 0 Å². The monoisotopic (exact) mass is 271 g/mol. The molecule has 0 aliphatic heterocycles. The van der Waals surface area contributed by atoms with Crippen LogP contribution in [0.1, 0.15) is 24.1 Å². The summed E-state index contributed by atoms with van der Waals surface area (Å²) in [6.45, 7) is 2.24. The van der Waals surface area contributed by atoms with Crippen molar-refractivity contribution in [3.8, 4) is 11.5 Å². The van der Waals surface area contributed by atoms with E-state index >= 15 is 0 Å². The maximum Gasteiger partial charge on any atom is 0.130 e. The first kappa shape index (κ1) is 14.6. The second kappa shape index (κ2) is 7.08.